The van der Waals surface area contributed by atoms with Crippen LogP contribution in [0.4, 0.5) is 8.78 Å². The fourth-order valence-corrected chi connectivity index (χ4v) is 0.786. The standard InChI is InChI=1S/C5H11F2NO3S/c1-2-3-8-4-5(6,7)12(9,10)11/h8H,2-4H2,1H3,(H,9,10,11). The molecular weight excluding hydrogens is 192 g/mol. The third-order valence-electron chi connectivity index (χ3n) is 1.13. The van der Waals surface area contributed by atoms with Crippen molar-refractivity contribution >= 4 is 10.1 Å². The molecule has 12 heavy (non-hydrogen) atoms. The molecule has 0 aromatic rings. The van der Waals surface area contributed by atoms with Crippen molar-refractivity contribution < 1.29 is 21.8 Å². The van der Waals surface area contributed by atoms with E-state index < -0.39 is 21.9 Å². The van der Waals surface area contributed by atoms with E-state index in [-0.39, 0.29) is 6.54 Å². The lowest BCUT2D eigenvalue weighted by atomic mass is 10.5. The molecular formula is C5H11F2NO3S. The van der Waals surface area contributed by atoms with Gasteiger partial charge in [-0.25, -0.2) is 0 Å². The Morgan fingerprint density at radius 1 is 1.50 bits per heavy atom. The highest BCUT2D eigenvalue weighted by Crippen LogP contribution is 2.18. The Balaban J connectivity index is 4.06. The first-order chi connectivity index (χ1) is 5.31. The highest BCUT2D eigenvalue weighted by atomic mass is 32.2. The minimum absolute atomic E-state index is 0.283. The first-order valence-corrected chi connectivity index (χ1v) is 4.81. The van der Waals surface area contributed by atoms with Crippen LogP contribution in [0.15, 0.2) is 0 Å². The first kappa shape index (κ1) is 11.7. The van der Waals surface area contributed by atoms with Crippen molar-refractivity contribution in [2.45, 2.75) is 18.6 Å². The highest BCUT2D eigenvalue weighted by Gasteiger charge is 2.43. The van der Waals surface area contributed by atoms with Crippen LogP contribution in [0.1, 0.15) is 13.3 Å². The molecule has 4 nitrogen and oxygen atoms in total. The minimum atomic E-state index is -5.28. The Hall–Kier alpha value is -0.270. The zero-order chi connectivity index (χ0) is 9.83. The summed E-state index contributed by atoms with van der Waals surface area (Å²) in [4.78, 5) is 0. The van der Waals surface area contributed by atoms with Crippen LogP contribution in [0.3, 0.4) is 0 Å². The van der Waals surface area contributed by atoms with E-state index >= 15 is 0 Å². The average Bonchev–Trinajstić information content (AvgIpc) is 1.85. The maximum atomic E-state index is 12.4. The quantitative estimate of drug-likeness (QED) is 0.503. The Morgan fingerprint density at radius 2 is 2.00 bits per heavy atom. The lowest BCUT2D eigenvalue weighted by molar-refractivity contribution is 0.0804. The Bertz CT molecular complexity index is 227. The fourth-order valence-electron chi connectivity index (χ4n) is 0.502. The molecule has 74 valence electrons. The number of rotatable bonds is 5. The Morgan fingerprint density at radius 3 is 2.33 bits per heavy atom. The van der Waals surface area contributed by atoms with Crippen molar-refractivity contribution in [3.05, 3.63) is 0 Å². The Labute approximate surface area is 69.7 Å². The molecule has 0 atom stereocenters. The summed E-state index contributed by atoms with van der Waals surface area (Å²) in [6.45, 7) is 0.976. The summed E-state index contributed by atoms with van der Waals surface area (Å²) < 4.78 is 52.8. The molecule has 0 aromatic heterocycles. The molecule has 0 saturated heterocycles. The van der Waals surface area contributed by atoms with Gasteiger partial charge in [-0.3, -0.25) is 4.55 Å². The normalized spacial score (nSPS) is 13.3. The second-order valence-electron chi connectivity index (χ2n) is 2.29. The van der Waals surface area contributed by atoms with Gasteiger partial charge in [0.2, 0.25) is 0 Å². The molecule has 0 spiro atoms. The van der Waals surface area contributed by atoms with Crippen LogP contribution in [0.5, 0.6) is 0 Å². The van der Waals surface area contributed by atoms with Crippen LogP contribution >= 0.6 is 0 Å². The predicted molar refractivity (Wildman–Crippen MR) is 39.7 cm³/mol. The second kappa shape index (κ2) is 4.11. The van der Waals surface area contributed by atoms with Gasteiger partial charge in [-0.2, -0.15) is 17.2 Å². The third kappa shape index (κ3) is 3.42. The molecule has 2 N–H and O–H groups in total. The summed E-state index contributed by atoms with van der Waals surface area (Å²) in [6.07, 6.45) is 0.613. The molecule has 0 aromatic carbocycles. The summed E-state index contributed by atoms with van der Waals surface area (Å²) in [5, 5.41) is -1.90. The molecule has 0 aliphatic carbocycles. The van der Waals surface area contributed by atoms with Gasteiger partial charge in [-0.15, -0.1) is 0 Å². The molecule has 0 unspecified atom stereocenters. The van der Waals surface area contributed by atoms with Crippen LogP contribution in [-0.2, 0) is 10.1 Å². The lowest BCUT2D eigenvalue weighted by Crippen LogP contribution is -2.39. The van der Waals surface area contributed by atoms with Crippen LogP contribution in [-0.4, -0.2) is 31.3 Å². The van der Waals surface area contributed by atoms with Crippen molar-refractivity contribution in [2.75, 3.05) is 13.1 Å². The molecule has 0 amide bonds. The minimum Gasteiger partial charge on any atom is -0.310 e. The fraction of sp³-hybridized carbons (Fsp3) is 1.00. The van der Waals surface area contributed by atoms with Gasteiger partial charge in [0.25, 0.3) is 0 Å². The highest BCUT2D eigenvalue weighted by molar-refractivity contribution is 7.86. The third-order valence-corrected chi connectivity index (χ3v) is 2.03. The van der Waals surface area contributed by atoms with E-state index in [9.17, 15) is 17.2 Å². The van der Waals surface area contributed by atoms with E-state index in [2.05, 4.69) is 5.32 Å². The second-order valence-corrected chi connectivity index (χ2v) is 3.84. The number of hydrogen-bond donors (Lipinski definition) is 2. The van der Waals surface area contributed by atoms with Crippen molar-refractivity contribution in [2.24, 2.45) is 0 Å². The van der Waals surface area contributed by atoms with Crippen molar-refractivity contribution in [3.63, 3.8) is 0 Å². The molecule has 0 aliphatic rings. The van der Waals surface area contributed by atoms with Crippen LogP contribution in [0.25, 0.3) is 0 Å². The molecule has 0 aliphatic heterocycles. The van der Waals surface area contributed by atoms with Gasteiger partial charge in [-0.05, 0) is 13.0 Å². The monoisotopic (exact) mass is 203 g/mol. The maximum Gasteiger partial charge on any atom is 0.381 e. The van der Waals surface area contributed by atoms with Crippen LogP contribution in [0.2, 0.25) is 0 Å². The van der Waals surface area contributed by atoms with E-state index in [1.807, 2.05) is 0 Å². The van der Waals surface area contributed by atoms with Crippen LogP contribution in [0, 0.1) is 0 Å². The van der Waals surface area contributed by atoms with Crippen LogP contribution < -0.4 is 5.32 Å². The van der Waals surface area contributed by atoms with E-state index in [1.54, 1.807) is 6.92 Å². The van der Waals surface area contributed by atoms with Gasteiger partial charge in [0.1, 0.15) is 0 Å². The van der Waals surface area contributed by atoms with E-state index in [4.69, 9.17) is 4.55 Å². The molecule has 0 radical (unpaired) electrons. The number of halogens is 2. The summed E-state index contributed by atoms with van der Waals surface area (Å²) in [5.41, 5.74) is 0. The lowest BCUT2D eigenvalue weighted by Gasteiger charge is -2.12. The van der Waals surface area contributed by atoms with Crippen molar-refractivity contribution in [1.29, 1.82) is 0 Å². The van der Waals surface area contributed by atoms with Crippen molar-refractivity contribution in [1.82, 2.24) is 5.32 Å². The smallest absolute Gasteiger partial charge is 0.310 e. The maximum absolute atomic E-state index is 12.4. The molecule has 0 saturated carbocycles. The summed E-state index contributed by atoms with van der Waals surface area (Å²) in [5.74, 6) is 0. The molecule has 0 rings (SSSR count). The van der Waals surface area contributed by atoms with Gasteiger partial charge in [-0.1, -0.05) is 6.92 Å². The Kier molecular flexibility index (Phi) is 4.01. The molecule has 0 fully saturated rings. The molecule has 0 heterocycles. The number of hydrogen-bond acceptors (Lipinski definition) is 3. The summed E-state index contributed by atoms with van der Waals surface area (Å²) in [6, 6.07) is 0. The average molecular weight is 203 g/mol. The number of alkyl halides is 2. The SMILES string of the molecule is CCCNCC(F)(F)S(=O)(=O)O. The van der Waals surface area contributed by atoms with Gasteiger partial charge >= 0.3 is 15.4 Å². The summed E-state index contributed by atoms with van der Waals surface area (Å²) >= 11 is 0. The summed E-state index contributed by atoms with van der Waals surface area (Å²) in [7, 11) is -5.28. The van der Waals surface area contributed by atoms with E-state index in [1.165, 1.54) is 0 Å². The topological polar surface area (TPSA) is 66.4 Å². The predicted octanol–water partition coefficient (Wildman–Crippen LogP) is 0.467. The molecule has 7 heteroatoms. The largest absolute Gasteiger partial charge is 0.381 e. The van der Waals surface area contributed by atoms with Gasteiger partial charge in [0.15, 0.2) is 0 Å². The number of nitrogens with one attached hydrogen (secondary N) is 1. The zero-order valence-corrected chi connectivity index (χ0v) is 7.37. The van der Waals surface area contributed by atoms with E-state index in [0.717, 1.165) is 0 Å². The van der Waals surface area contributed by atoms with E-state index in [0.29, 0.717) is 6.42 Å². The zero-order valence-electron chi connectivity index (χ0n) is 6.55. The van der Waals surface area contributed by atoms with Gasteiger partial charge < -0.3 is 5.32 Å². The molecule has 0 bridgehead atoms. The van der Waals surface area contributed by atoms with Gasteiger partial charge in [0, 0.05) is 0 Å². The van der Waals surface area contributed by atoms with Gasteiger partial charge in [0.05, 0.1) is 6.54 Å². The van der Waals surface area contributed by atoms with Crippen molar-refractivity contribution in [3.8, 4) is 0 Å². The first-order valence-electron chi connectivity index (χ1n) is 3.37.